The molecule has 0 bridgehead atoms. The summed E-state index contributed by atoms with van der Waals surface area (Å²) in [6.45, 7) is 9.52. The Hall–Kier alpha value is -0.123. The van der Waals surface area contributed by atoms with E-state index in [0.717, 1.165) is 6.42 Å². The van der Waals surface area contributed by atoms with Gasteiger partial charge in [-0.15, -0.1) is 0 Å². The van der Waals surface area contributed by atoms with E-state index in [4.69, 9.17) is 9.53 Å². The average Bonchev–Trinajstić information content (AvgIpc) is 2.58. The molecule has 0 spiro atoms. The topological polar surface area (TPSA) is 29.5 Å². The molecule has 0 aliphatic heterocycles. The van der Waals surface area contributed by atoms with Crippen molar-refractivity contribution in [2.24, 2.45) is 0 Å². The fourth-order valence-electron chi connectivity index (χ4n) is 3.28. The average molecular weight is 385 g/mol. The zero-order chi connectivity index (χ0) is 19.5. The van der Waals surface area contributed by atoms with Crippen LogP contribution in [-0.4, -0.2) is 26.1 Å². The Morgan fingerprint density at radius 3 is 1.88 bits per heavy atom. The highest BCUT2D eigenvalue weighted by Gasteiger charge is 2.19. The SMILES string of the molecule is CCCCCCCC(/C=C/CCCCCCCCCCO)O[Si](C)(C)C. The van der Waals surface area contributed by atoms with Gasteiger partial charge in [0, 0.05) is 6.61 Å². The molecular formula is C23H48O2Si. The Kier molecular flexibility index (Phi) is 18.2. The van der Waals surface area contributed by atoms with E-state index in [-0.39, 0.29) is 0 Å². The molecule has 0 aromatic heterocycles. The molecule has 1 atom stereocenters. The second kappa shape index (κ2) is 18.2. The van der Waals surface area contributed by atoms with Crippen LogP contribution in [0.1, 0.15) is 103 Å². The van der Waals surface area contributed by atoms with Gasteiger partial charge >= 0.3 is 0 Å². The van der Waals surface area contributed by atoms with Crippen LogP contribution in [0.2, 0.25) is 19.6 Å². The third-order valence-corrected chi connectivity index (χ3v) is 5.74. The monoisotopic (exact) mass is 384 g/mol. The summed E-state index contributed by atoms with van der Waals surface area (Å²) >= 11 is 0. The Morgan fingerprint density at radius 1 is 0.769 bits per heavy atom. The highest BCUT2D eigenvalue weighted by atomic mass is 28.4. The Bertz CT molecular complexity index is 310. The quantitative estimate of drug-likeness (QED) is 0.141. The summed E-state index contributed by atoms with van der Waals surface area (Å²) in [6, 6.07) is 0. The molecular weight excluding hydrogens is 336 g/mol. The van der Waals surface area contributed by atoms with Crippen LogP contribution >= 0.6 is 0 Å². The lowest BCUT2D eigenvalue weighted by Crippen LogP contribution is -2.31. The Labute approximate surface area is 165 Å². The molecule has 0 aliphatic carbocycles. The van der Waals surface area contributed by atoms with Crippen molar-refractivity contribution in [3.05, 3.63) is 12.2 Å². The molecule has 1 unspecified atom stereocenters. The van der Waals surface area contributed by atoms with Gasteiger partial charge in [-0.2, -0.15) is 0 Å². The number of allylic oxidation sites excluding steroid dienone is 1. The number of hydrogen-bond donors (Lipinski definition) is 1. The summed E-state index contributed by atoms with van der Waals surface area (Å²) in [4.78, 5) is 0. The maximum absolute atomic E-state index is 8.76. The molecule has 0 saturated heterocycles. The predicted octanol–water partition coefficient (Wildman–Crippen LogP) is 7.63. The first-order valence-electron chi connectivity index (χ1n) is 11.4. The molecule has 0 aromatic carbocycles. The number of aliphatic hydroxyl groups is 1. The number of hydrogen-bond acceptors (Lipinski definition) is 2. The molecule has 0 aliphatic rings. The van der Waals surface area contributed by atoms with E-state index in [9.17, 15) is 0 Å². The van der Waals surface area contributed by atoms with Crippen LogP contribution in [0.15, 0.2) is 12.2 Å². The van der Waals surface area contributed by atoms with Gasteiger partial charge in [-0.25, -0.2) is 0 Å². The van der Waals surface area contributed by atoms with E-state index in [2.05, 4.69) is 38.7 Å². The van der Waals surface area contributed by atoms with Gasteiger partial charge in [-0.1, -0.05) is 89.7 Å². The molecule has 156 valence electrons. The summed E-state index contributed by atoms with van der Waals surface area (Å²) in [7, 11) is -1.46. The van der Waals surface area contributed by atoms with Crippen molar-refractivity contribution in [2.75, 3.05) is 6.61 Å². The lowest BCUT2D eigenvalue weighted by molar-refractivity contribution is 0.226. The van der Waals surface area contributed by atoms with Crippen LogP contribution in [-0.2, 0) is 4.43 Å². The van der Waals surface area contributed by atoms with Crippen molar-refractivity contribution >= 4 is 8.32 Å². The molecule has 0 radical (unpaired) electrons. The molecule has 0 saturated carbocycles. The van der Waals surface area contributed by atoms with Crippen LogP contribution in [0, 0.1) is 0 Å². The van der Waals surface area contributed by atoms with Crippen molar-refractivity contribution in [1.82, 2.24) is 0 Å². The van der Waals surface area contributed by atoms with Crippen LogP contribution in [0.4, 0.5) is 0 Å². The molecule has 0 fully saturated rings. The van der Waals surface area contributed by atoms with Crippen LogP contribution in [0.25, 0.3) is 0 Å². The van der Waals surface area contributed by atoms with Crippen LogP contribution in [0.3, 0.4) is 0 Å². The molecule has 0 amide bonds. The first-order chi connectivity index (χ1) is 12.5. The van der Waals surface area contributed by atoms with E-state index in [1.165, 1.54) is 89.9 Å². The fraction of sp³-hybridized carbons (Fsp3) is 0.913. The Morgan fingerprint density at radius 2 is 1.31 bits per heavy atom. The van der Waals surface area contributed by atoms with Crippen molar-refractivity contribution < 1.29 is 9.53 Å². The first kappa shape index (κ1) is 25.9. The van der Waals surface area contributed by atoms with Gasteiger partial charge < -0.3 is 9.53 Å². The predicted molar refractivity (Wildman–Crippen MR) is 119 cm³/mol. The lowest BCUT2D eigenvalue weighted by atomic mass is 10.1. The van der Waals surface area contributed by atoms with E-state index in [0.29, 0.717) is 12.7 Å². The van der Waals surface area contributed by atoms with Gasteiger partial charge in [0.25, 0.3) is 0 Å². The standard InChI is InChI=1S/C23H48O2Si/c1-5-6-7-14-17-20-23(25-26(2,3)4)21-18-15-12-10-8-9-11-13-16-19-22-24/h18,21,23-24H,5-17,19-20,22H2,1-4H3/b21-18+. The Balaban J connectivity index is 3.80. The van der Waals surface area contributed by atoms with E-state index in [1.807, 2.05) is 0 Å². The van der Waals surface area contributed by atoms with Gasteiger partial charge in [0.05, 0.1) is 6.10 Å². The fourth-order valence-corrected chi connectivity index (χ4v) is 4.38. The van der Waals surface area contributed by atoms with Gasteiger partial charge in [0.2, 0.25) is 0 Å². The molecule has 2 nitrogen and oxygen atoms in total. The van der Waals surface area contributed by atoms with Crippen molar-refractivity contribution in [3.8, 4) is 0 Å². The number of rotatable bonds is 19. The first-order valence-corrected chi connectivity index (χ1v) is 14.9. The summed E-state index contributed by atoms with van der Waals surface area (Å²) in [5, 5.41) is 8.76. The van der Waals surface area contributed by atoms with Crippen LogP contribution < -0.4 is 0 Å². The van der Waals surface area contributed by atoms with E-state index < -0.39 is 8.32 Å². The molecule has 3 heteroatoms. The van der Waals surface area contributed by atoms with Crippen LogP contribution in [0.5, 0.6) is 0 Å². The smallest absolute Gasteiger partial charge is 0.184 e. The molecule has 0 rings (SSSR count). The van der Waals surface area contributed by atoms with Gasteiger partial charge in [0.1, 0.15) is 0 Å². The molecule has 0 aromatic rings. The zero-order valence-electron chi connectivity index (χ0n) is 18.4. The van der Waals surface area contributed by atoms with Gasteiger partial charge in [-0.3, -0.25) is 0 Å². The minimum absolute atomic E-state index is 0.342. The summed E-state index contributed by atoms with van der Waals surface area (Å²) in [5.41, 5.74) is 0. The lowest BCUT2D eigenvalue weighted by Gasteiger charge is -2.24. The minimum atomic E-state index is -1.46. The van der Waals surface area contributed by atoms with Gasteiger partial charge in [-0.05, 0) is 45.3 Å². The highest BCUT2D eigenvalue weighted by Crippen LogP contribution is 2.16. The third-order valence-electron chi connectivity index (χ3n) is 4.73. The highest BCUT2D eigenvalue weighted by molar-refractivity contribution is 6.69. The molecule has 0 heterocycles. The normalized spacial score (nSPS) is 13.6. The largest absolute Gasteiger partial charge is 0.411 e. The third kappa shape index (κ3) is 20.2. The maximum atomic E-state index is 8.76. The maximum Gasteiger partial charge on any atom is 0.184 e. The second-order valence-electron chi connectivity index (χ2n) is 8.74. The van der Waals surface area contributed by atoms with Gasteiger partial charge in [0.15, 0.2) is 8.32 Å². The second-order valence-corrected chi connectivity index (χ2v) is 13.2. The summed E-state index contributed by atoms with van der Waals surface area (Å²) in [6.07, 6.45) is 24.3. The number of aliphatic hydroxyl groups excluding tert-OH is 1. The minimum Gasteiger partial charge on any atom is -0.411 e. The van der Waals surface area contributed by atoms with Crippen molar-refractivity contribution in [2.45, 2.75) is 129 Å². The number of unbranched alkanes of at least 4 members (excludes halogenated alkanes) is 12. The zero-order valence-corrected chi connectivity index (χ0v) is 19.4. The van der Waals surface area contributed by atoms with Crippen molar-refractivity contribution in [1.29, 1.82) is 0 Å². The molecule has 26 heavy (non-hydrogen) atoms. The molecule has 1 N–H and O–H groups in total. The van der Waals surface area contributed by atoms with Crippen molar-refractivity contribution in [3.63, 3.8) is 0 Å². The summed E-state index contributed by atoms with van der Waals surface area (Å²) < 4.78 is 6.37. The van der Waals surface area contributed by atoms with E-state index >= 15 is 0 Å². The summed E-state index contributed by atoms with van der Waals surface area (Å²) in [5.74, 6) is 0. The van der Waals surface area contributed by atoms with E-state index in [1.54, 1.807) is 0 Å².